The summed E-state index contributed by atoms with van der Waals surface area (Å²) in [4.78, 5) is 37.7. The van der Waals surface area contributed by atoms with E-state index >= 15 is 0 Å². The van der Waals surface area contributed by atoms with Crippen molar-refractivity contribution < 1.29 is 23.9 Å². The molecule has 0 spiro atoms. The van der Waals surface area contributed by atoms with Crippen LogP contribution in [0, 0.1) is 5.92 Å². The molecule has 3 amide bonds. The number of carbonyl (C=O) groups excluding carboxylic acids is 3. The van der Waals surface area contributed by atoms with Crippen LogP contribution in [0.2, 0.25) is 0 Å². The third-order valence-electron chi connectivity index (χ3n) is 4.09. The van der Waals surface area contributed by atoms with Gasteiger partial charge in [0.25, 0.3) is 0 Å². The number of urea groups is 1. The van der Waals surface area contributed by atoms with Gasteiger partial charge in [-0.1, -0.05) is 0 Å². The van der Waals surface area contributed by atoms with E-state index in [0.29, 0.717) is 31.1 Å². The van der Waals surface area contributed by atoms with Crippen molar-refractivity contribution in [3.05, 3.63) is 24.3 Å². The van der Waals surface area contributed by atoms with Gasteiger partial charge in [0.15, 0.2) is 0 Å². The molecule has 26 heavy (non-hydrogen) atoms. The van der Waals surface area contributed by atoms with E-state index in [4.69, 9.17) is 9.47 Å². The van der Waals surface area contributed by atoms with Crippen molar-refractivity contribution >= 4 is 23.6 Å². The quantitative estimate of drug-likeness (QED) is 0.746. The fourth-order valence-corrected chi connectivity index (χ4v) is 2.86. The fourth-order valence-electron chi connectivity index (χ4n) is 2.86. The molecule has 1 aliphatic rings. The SMILES string of the molecule is CCOC(=O)[C@H]1CCCN(CC(=O)NC(=O)Nc2ccc(OC)cc2)C1. The predicted molar refractivity (Wildman–Crippen MR) is 96.0 cm³/mol. The zero-order chi connectivity index (χ0) is 18.9. The number of methoxy groups -OCH3 is 1. The Labute approximate surface area is 152 Å². The maximum atomic E-state index is 12.1. The number of likely N-dealkylation sites (tertiary alicyclic amines) is 1. The lowest BCUT2D eigenvalue weighted by atomic mass is 9.98. The number of ether oxygens (including phenoxy) is 2. The van der Waals surface area contributed by atoms with E-state index < -0.39 is 11.9 Å². The van der Waals surface area contributed by atoms with Gasteiger partial charge in [0.05, 0.1) is 26.2 Å². The topological polar surface area (TPSA) is 97.0 Å². The van der Waals surface area contributed by atoms with Crippen LogP contribution in [-0.4, -0.2) is 56.2 Å². The molecule has 2 N–H and O–H groups in total. The van der Waals surface area contributed by atoms with E-state index in [0.717, 1.165) is 12.8 Å². The Morgan fingerprint density at radius 1 is 1.23 bits per heavy atom. The fraction of sp³-hybridized carbons (Fsp3) is 0.500. The summed E-state index contributed by atoms with van der Waals surface area (Å²) in [6, 6.07) is 6.18. The Bertz CT molecular complexity index is 632. The molecule has 1 aromatic carbocycles. The number of anilines is 1. The number of nitrogens with one attached hydrogen (secondary N) is 2. The molecule has 0 aliphatic carbocycles. The second-order valence-corrected chi connectivity index (χ2v) is 6.06. The molecule has 8 nitrogen and oxygen atoms in total. The summed E-state index contributed by atoms with van der Waals surface area (Å²) in [5, 5.41) is 4.88. The lowest BCUT2D eigenvalue weighted by Crippen LogP contribution is -2.46. The van der Waals surface area contributed by atoms with Gasteiger partial charge in [0, 0.05) is 12.2 Å². The summed E-state index contributed by atoms with van der Waals surface area (Å²) >= 11 is 0. The van der Waals surface area contributed by atoms with Crippen molar-refractivity contribution in [3.63, 3.8) is 0 Å². The summed E-state index contributed by atoms with van der Waals surface area (Å²) in [6.07, 6.45) is 1.57. The lowest BCUT2D eigenvalue weighted by molar-refractivity contribution is -0.150. The number of benzene rings is 1. The number of amides is 3. The van der Waals surface area contributed by atoms with E-state index in [9.17, 15) is 14.4 Å². The van der Waals surface area contributed by atoms with Gasteiger partial charge in [-0.2, -0.15) is 0 Å². The van der Waals surface area contributed by atoms with Crippen LogP contribution in [0.4, 0.5) is 10.5 Å². The summed E-state index contributed by atoms with van der Waals surface area (Å²) in [7, 11) is 1.56. The van der Waals surface area contributed by atoms with Crippen molar-refractivity contribution in [1.29, 1.82) is 0 Å². The molecule has 2 rings (SSSR count). The predicted octanol–water partition coefficient (Wildman–Crippen LogP) is 1.62. The Kier molecular flexibility index (Phi) is 7.40. The molecule has 1 heterocycles. The van der Waals surface area contributed by atoms with E-state index in [2.05, 4.69) is 10.6 Å². The molecule has 0 saturated carbocycles. The Balaban J connectivity index is 1.78. The van der Waals surface area contributed by atoms with Gasteiger partial charge in [-0.25, -0.2) is 4.79 Å². The van der Waals surface area contributed by atoms with Crippen LogP contribution < -0.4 is 15.4 Å². The number of imide groups is 1. The average molecular weight is 363 g/mol. The highest BCUT2D eigenvalue weighted by Crippen LogP contribution is 2.18. The van der Waals surface area contributed by atoms with Crippen LogP contribution in [0.5, 0.6) is 5.75 Å². The first-order chi connectivity index (χ1) is 12.5. The maximum absolute atomic E-state index is 12.1. The Morgan fingerprint density at radius 3 is 2.62 bits per heavy atom. The number of rotatable bonds is 6. The molecule has 1 fully saturated rings. The van der Waals surface area contributed by atoms with Crippen LogP contribution >= 0.6 is 0 Å². The van der Waals surface area contributed by atoms with Gasteiger partial charge in [-0.05, 0) is 50.6 Å². The third kappa shape index (κ3) is 6.03. The number of hydrogen-bond acceptors (Lipinski definition) is 6. The lowest BCUT2D eigenvalue weighted by Gasteiger charge is -2.30. The Hall–Kier alpha value is -2.61. The van der Waals surface area contributed by atoms with Gasteiger partial charge in [0.2, 0.25) is 5.91 Å². The molecule has 0 unspecified atom stereocenters. The van der Waals surface area contributed by atoms with Crippen molar-refractivity contribution in [1.82, 2.24) is 10.2 Å². The number of carbonyl (C=O) groups is 3. The van der Waals surface area contributed by atoms with E-state index in [-0.39, 0.29) is 18.4 Å². The summed E-state index contributed by atoms with van der Waals surface area (Å²) < 4.78 is 10.1. The highest BCUT2D eigenvalue weighted by molar-refractivity contribution is 6.01. The van der Waals surface area contributed by atoms with Crippen molar-refractivity contribution in [2.24, 2.45) is 5.92 Å². The smallest absolute Gasteiger partial charge is 0.325 e. The van der Waals surface area contributed by atoms with Crippen LogP contribution in [0.3, 0.4) is 0 Å². The van der Waals surface area contributed by atoms with Gasteiger partial charge in [-0.15, -0.1) is 0 Å². The largest absolute Gasteiger partial charge is 0.497 e. The van der Waals surface area contributed by atoms with Crippen LogP contribution in [0.1, 0.15) is 19.8 Å². The standard InChI is InChI=1S/C18H25N3O5/c1-3-26-17(23)13-5-4-10-21(11-13)12-16(22)20-18(24)19-14-6-8-15(25-2)9-7-14/h6-9,13H,3-5,10-12H2,1-2H3,(H2,19,20,22,24)/t13-/m0/s1. The average Bonchev–Trinajstić information content (AvgIpc) is 2.62. The molecular formula is C18H25N3O5. The van der Waals surface area contributed by atoms with E-state index in [1.807, 2.05) is 4.90 Å². The molecule has 1 aliphatic heterocycles. The number of piperidine rings is 1. The number of esters is 1. The van der Waals surface area contributed by atoms with Crippen molar-refractivity contribution in [2.75, 3.05) is 38.7 Å². The second-order valence-electron chi connectivity index (χ2n) is 6.06. The molecular weight excluding hydrogens is 338 g/mol. The first-order valence-corrected chi connectivity index (χ1v) is 8.65. The molecule has 8 heteroatoms. The highest BCUT2D eigenvalue weighted by atomic mass is 16.5. The van der Waals surface area contributed by atoms with Crippen molar-refractivity contribution in [3.8, 4) is 5.75 Å². The van der Waals surface area contributed by atoms with Crippen LogP contribution in [0.25, 0.3) is 0 Å². The Morgan fingerprint density at radius 2 is 1.96 bits per heavy atom. The molecule has 1 aromatic rings. The zero-order valence-electron chi connectivity index (χ0n) is 15.1. The first kappa shape index (κ1) is 19.7. The van der Waals surface area contributed by atoms with E-state index in [1.165, 1.54) is 0 Å². The number of nitrogens with zero attached hydrogens (tertiary/aromatic N) is 1. The molecule has 0 radical (unpaired) electrons. The van der Waals surface area contributed by atoms with Crippen molar-refractivity contribution in [2.45, 2.75) is 19.8 Å². The summed E-state index contributed by atoms with van der Waals surface area (Å²) in [5.74, 6) is -0.187. The first-order valence-electron chi connectivity index (χ1n) is 8.65. The molecule has 142 valence electrons. The maximum Gasteiger partial charge on any atom is 0.325 e. The van der Waals surface area contributed by atoms with Crippen LogP contribution in [0.15, 0.2) is 24.3 Å². The minimum atomic E-state index is -0.598. The second kappa shape index (κ2) is 9.76. The number of hydrogen-bond donors (Lipinski definition) is 2. The third-order valence-corrected chi connectivity index (χ3v) is 4.09. The van der Waals surface area contributed by atoms with Crippen LogP contribution in [-0.2, 0) is 14.3 Å². The van der Waals surface area contributed by atoms with Gasteiger partial charge < -0.3 is 14.8 Å². The molecule has 1 saturated heterocycles. The molecule has 0 aromatic heterocycles. The monoisotopic (exact) mass is 363 g/mol. The zero-order valence-corrected chi connectivity index (χ0v) is 15.1. The van der Waals surface area contributed by atoms with E-state index in [1.54, 1.807) is 38.3 Å². The normalized spacial score (nSPS) is 17.2. The summed E-state index contributed by atoms with van der Waals surface area (Å²) in [5.41, 5.74) is 0.552. The van der Waals surface area contributed by atoms with Gasteiger partial charge >= 0.3 is 12.0 Å². The van der Waals surface area contributed by atoms with Gasteiger partial charge in [0.1, 0.15) is 5.75 Å². The molecule has 1 atom stereocenters. The molecule has 0 bridgehead atoms. The minimum absolute atomic E-state index is 0.0614. The van der Waals surface area contributed by atoms with Gasteiger partial charge in [-0.3, -0.25) is 19.8 Å². The highest BCUT2D eigenvalue weighted by Gasteiger charge is 2.27. The minimum Gasteiger partial charge on any atom is -0.497 e. The summed E-state index contributed by atoms with van der Waals surface area (Å²) in [6.45, 7) is 3.36.